The van der Waals surface area contributed by atoms with Gasteiger partial charge in [0.2, 0.25) is 0 Å². The van der Waals surface area contributed by atoms with E-state index in [9.17, 15) is 0 Å². The molecule has 0 amide bonds. The van der Waals surface area contributed by atoms with Crippen molar-refractivity contribution in [3.63, 3.8) is 0 Å². The average molecular weight is 231 g/mol. The number of aryl methyl sites for hydroxylation is 1. The molecule has 60 valence electrons. The Morgan fingerprint density at radius 2 is 2.18 bits per heavy atom. The molecule has 0 saturated heterocycles. The van der Waals surface area contributed by atoms with Crippen molar-refractivity contribution in [2.75, 3.05) is 6.26 Å². The molecule has 0 aliphatic rings. The fraction of sp³-hybridized carbons (Fsp3) is 0.333. The highest BCUT2D eigenvalue weighted by Gasteiger charge is 1.96. The molecule has 0 radical (unpaired) electrons. The quantitative estimate of drug-likeness (QED) is 0.553. The van der Waals surface area contributed by atoms with E-state index in [-0.39, 0.29) is 0 Å². The van der Waals surface area contributed by atoms with Gasteiger partial charge in [-0.2, -0.15) is 0 Å². The Morgan fingerprint density at radius 3 is 2.64 bits per heavy atom. The normalized spacial score (nSPS) is 10.1. The van der Waals surface area contributed by atoms with Crippen molar-refractivity contribution >= 4 is 27.7 Å². The van der Waals surface area contributed by atoms with Crippen LogP contribution >= 0.6 is 27.7 Å². The summed E-state index contributed by atoms with van der Waals surface area (Å²) in [5, 5.41) is 0.947. The number of halogens is 1. The van der Waals surface area contributed by atoms with Gasteiger partial charge < -0.3 is 0 Å². The van der Waals surface area contributed by atoms with Gasteiger partial charge in [0.25, 0.3) is 0 Å². The zero-order valence-electron chi connectivity index (χ0n) is 6.73. The van der Waals surface area contributed by atoms with E-state index in [1.54, 1.807) is 11.8 Å². The van der Waals surface area contributed by atoms with Crippen LogP contribution in [0.25, 0.3) is 0 Å². The van der Waals surface area contributed by atoms with Gasteiger partial charge in [-0.1, -0.05) is 28.1 Å². The number of hydrogen-bond donors (Lipinski definition) is 0. The predicted octanol–water partition coefficient (Wildman–Crippen LogP) is 3.61. The van der Waals surface area contributed by atoms with Crippen LogP contribution in [-0.4, -0.2) is 6.26 Å². The molecule has 0 atom stereocenters. The molecule has 0 nitrogen and oxygen atoms in total. The lowest BCUT2D eigenvalue weighted by Gasteiger charge is -2.03. The lowest BCUT2D eigenvalue weighted by Crippen LogP contribution is -1.82. The second-order valence-corrected chi connectivity index (χ2v) is 3.85. The molecule has 0 heterocycles. The SMILES string of the molecule is CSc1ccc(CBr)cc1C. The topological polar surface area (TPSA) is 0 Å². The van der Waals surface area contributed by atoms with E-state index >= 15 is 0 Å². The Morgan fingerprint density at radius 1 is 1.45 bits per heavy atom. The summed E-state index contributed by atoms with van der Waals surface area (Å²) in [6.07, 6.45) is 2.11. The molecule has 0 N–H and O–H groups in total. The van der Waals surface area contributed by atoms with Crippen LogP contribution in [0.1, 0.15) is 11.1 Å². The zero-order chi connectivity index (χ0) is 8.27. The van der Waals surface area contributed by atoms with Crippen LogP contribution in [0.4, 0.5) is 0 Å². The molecular weight excluding hydrogens is 220 g/mol. The van der Waals surface area contributed by atoms with Crippen LogP contribution < -0.4 is 0 Å². The van der Waals surface area contributed by atoms with Crippen molar-refractivity contribution in [2.45, 2.75) is 17.1 Å². The highest BCUT2D eigenvalue weighted by atomic mass is 79.9. The van der Waals surface area contributed by atoms with E-state index in [0.717, 1.165) is 5.33 Å². The zero-order valence-corrected chi connectivity index (χ0v) is 9.13. The summed E-state index contributed by atoms with van der Waals surface area (Å²) in [5.41, 5.74) is 2.72. The van der Waals surface area contributed by atoms with Gasteiger partial charge in [0.05, 0.1) is 0 Å². The van der Waals surface area contributed by atoms with E-state index in [1.807, 2.05) is 0 Å². The van der Waals surface area contributed by atoms with Crippen LogP contribution in [-0.2, 0) is 5.33 Å². The molecule has 0 saturated carbocycles. The molecule has 0 spiro atoms. The molecule has 0 aliphatic carbocycles. The summed E-state index contributed by atoms with van der Waals surface area (Å²) < 4.78 is 0. The second kappa shape index (κ2) is 4.17. The molecule has 1 aromatic carbocycles. The highest BCUT2D eigenvalue weighted by molar-refractivity contribution is 9.08. The molecule has 0 bridgehead atoms. The Bertz CT molecular complexity index is 245. The fourth-order valence-corrected chi connectivity index (χ4v) is 1.96. The minimum atomic E-state index is 0.947. The molecular formula is C9H11BrS. The van der Waals surface area contributed by atoms with E-state index in [4.69, 9.17) is 0 Å². The monoisotopic (exact) mass is 230 g/mol. The van der Waals surface area contributed by atoms with Crippen LogP contribution in [0, 0.1) is 6.92 Å². The Balaban J connectivity index is 2.99. The van der Waals surface area contributed by atoms with Crippen LogP contribution in [0.15, 0.2) is 23.1 Å². The number of alkyl halides is 1. The summed E-state index contributed by atoms with van der Waals surface area (Å²) in [7, 11) is 0. The van der Waals surface area contributed by atoms with Gasteiger partial charge in [-0.15, -0.1) is 11.8 Å². The third kappa shape index (κ3) is 2.24. The number of benzene rings is 1. The lowest BCUT2D eigenvalue weighted by molar-refractivity contribution is 1.26. The maximum Gasteiger partial charge on any atom is 0.0283 e. The van der Waals surface area contributed by atoms with Crippen molar-refractivity contribution in [1.82, 2.24) is 0 Å². The smallest absolute Gasteiger partial charge is 0.0283 e. The van der Waals surface area contributed by atoms with E-state index in [0.29, 0.717) is 0 Å². The van der Waals surface area contributed by atoms with Crippen molar-refractivity contribution in [3.05, 3.63) is 29.3 Å². The Hall–Kier alpha value is 0.0500. The largest absolute Gasteiger partial charge is 0.129 e. The minimum Gasteiger partial charge on any atom is -0.129 e. The minimum absolute atomic E-state index is 0.947. The van der Waals surface area contributed by atoms with Gasteiger partial charge in [-0.25, -0.2) is 0 Å². The van der Waals surface area contributed by atoms with Gasteiger partial charge in [-0.3, -0.25) is 0 Å². The number of rotatable bonds is 2. The third-order valence-corrected chi connectivity index (χ3v) is 3.16. The first-order valence-electron chi connectivity index (χ1n) is 3.47. The first-order valence-corrected chi connectivity index (χ1v) is 5.82. The van der Waals surface area contributed by atoms with Gasteiger partial charge in [0.1, 0.15) is 0 Å². The molecule has 11 heavy (non-hydrogen) atoms. The first kappa shape index (κ1) is 9.14. The molecule has 2 heteroatoms. The molecule has 0 aromatic heterocycles. The summed E-state index contributed by atoms with van der Waals surface area (Å²) in [6.45, 7) is 2.15. The van der Waals surface area contributed by atoms with E-state index in [2.05, 4.69) is 47.3 Å². The molecule has 0 unspecified atom stereocenters. The van der Waals surface area contributed by atoms with Crippen molar-refractivity contribution in [2.24, 2.45) is 0 Å². The van der Waals surface area contributed by atoms with Crippen molar-refractivity contribution in [1.29, 1.82) is 0 Å². The highest BCUT2D eigenvalue weighted by Crippen LogP contribution is 2.21. The van der Waals surface area contributed by atoms with Crippen molar-refractivity contribution < 1.29 is 0 Å². The fourth-order valence-electron chi connectivity index (χ4n) is 1.02. The van der Waals surface area contributed by atoms with Crippen molar-refractivity contribution in [3.8, 4) is 0 Å². The maximum atomic E-state index is 3.43. The maximum absolute atomic E-state index is 3.43. The Kier molecular flexibility index (Phi) is 3.46. The summed E-state index contributed by atoms with van der Waals surface area (Å²) in [4.78, 5) is 1.37. The lowest BCUT2D eigenvalue weighted by atomic mass is 10.2. The molecule has 0 fully saturated rings. The summed E-state index contributed by atoms with van der Waals surface area (Å²) in [5.74, 6) is 0. The van der Waals surface area contributed by atoms with Gasteiger partial charge in [0, 0.05) is 10.2 Å². The average Bonchev–Trinajstić information content (AvgIpc) is 2.04. The Labute approximate surface area is 80.5 Å². The van der Waals surface area contributed by atoms with Crippen LogP contribution in [0.5, 0.6) is 0 Å². The van der Waals surface area contributed by atoms with Gasteiger partial charge >= 0.3 is 0 Å². The molecule has 1 aromatic rings. The molecule has 0 aliphatic heterocycles. The third-order valence-electron chi connectivity index (χ3n) is 1.61. The van der Waals surface area contributed by atoms with E-state index in [1.165, 1.54) is 16.0 Å². The van der Waals surface area contributed by atoms with E-state index < -0.39 is 0 Å². The second-order valence-electron chi connectivity index (χ2n) is 2.44. The standard InChI is InChI=1S/C9H11BrS/c1-7-5-8(6-10)3-4-9(7)11-2/h3-5H,6H2,1-2H3. The summed E-state index contributed by atoms with van der Waals surface area (Å²) in [6, 6.07) is 6.56. The predicted molar refractivity (Wildman–Crippen MR) is 55.6 cm³/mol. The van der Waals surface area contributed by atoms with Crippen LogP contribution in [0.2, 0.25) is 0 Å². The molecule has 1 rings (SSSR count). The van der Waals surface area contributed by atoms with Gasteiger partial charge in [0.15, 0.2) is 0 Å². The van der Waals surface area contributed by atoms with Crippen LogP contribution in [0.3, 0.4) is 0 Å². The summed E-state index contributed by atoms with van der Waals surface area (Å²) >= 11 is 5.23. The van der Waals surface area contributed by atoms with Gasteiger partial charge in [-0.05, 0) is 30.4 Å². The first-order chi connectivity index (χ1) is 5.27. The number of thioether (sulfide) groups is 1. The number of hydrogen-bond acceptors (Lipinski definition) is 1.